The van der Waals surface area contributed by atoms with Gasteiger partial charge in [-0.1, -0.05) is 6.07 Å². The minimum Gasteiger partial charge on any atom is -0.478 e. The molecule has 88 valence electrons. The molecule has 0 amide bonds. The molecule has 0 saturated carbocycles. The summed E-state index contributed by atoms with van der Waals surface area (Å²) in [6.45, 7) is 2.15. The van der Waals surface area contributed by atoms with Crippen molar-refractivity contribution in [3.63, 3.8) is 0 Å². The summed E-state index contributed by atoms with van der Waals surface area (Å²) in [4.78, 5) is 10.9. The van der Waals surface area contributed by atoms with E-state index in [4.69, 9.17) is 9.84 Å². The van der Waals surface area contributed by atoms with Crippen LogP contribution in [-0.4, -0.2) is 30.8 Å². The van der Waals surface area contributed by atoms with Crippen LogP contribution in [0.25, 0.3) is 0 Å². The van der Waals surface area contributed by atoms with Crippen LogP contribution in [0.15, 0.2) is 18.2 Å². The highest BCUT2D eigenvalue weighted by molar-refractivity contribution is 5.94. The van der Waals surface area contributed by atoms with Crippen LogP contribution in [0.2, 0.25) is 0 Å². The van der Waals surface area contributed by atoms with E-state index in [1.165, 1.54) is 25.3 Å². The molecule has 0 heterocycles. The van der Waals surface area contributed by atoms with Gasteiger partial charge in [-0.15, -0.1) is 0 Å². The first-order valence-electron chi connectivity index (χ1n) is 4.83. The van der Waals surface area contributed by atoms with E-state index in [1.54, 1.807) is 6.92 Å². The van der Waals surface area contributed by atoms with Gasteiger partial charge in [-0.3, -0.25) is 0 Å². The molecular weight excluding hydrogens is 213 g/mol. The van der Waals surface area contributed by atoms with Crippen molar-refractivity contribution in [2.45, 2.75) is 13.0 Å². The molecule has 16 heavy (non-hydrogen) atoms. The van der Waals surface area contributed by atoms with Gasteiger partial charge in [0.1, 0.15) is 5.82 Å². The second-order valence-corrected chi connectivity index (χ2v) is 3.47. The molecule has 2 N–H and O–H groups in total. The highest BCUT2D eigenvalue weighted by Gasteiger charge is 2.15. The summed E-state index contributed by atoms with van der Waals surface area (Å²) in [5, 5.41) is 11.7. The minimum absolute atomic E-state index is 0.000417. The molecular formula is C11H14FNO3. The van der Waals surface area contributed by atoms with Gasteiger partial charge >= 0.3 is 5.97 Å². The zero-order chi connectivity index (χ0) is 12.1. The van der Waals surface area contributed by atoms with Crippen molar-refractivity contribution in [3.8, 4) is 0 Å². The molecule has 0 aliphatic carbocycles. The number of rotatable bonds is 5. The van der Waals surface area contributed by atoms with Crippen LogP contribution in [-0.2, 0) is 4.74 Å². The topological polar surface area (TPSA) is 58.6 Å². The van der Waals surface area contributed by atoms with Crippen LogP contribution in [0.1, 0.15) is 17.3 Å². The molecule has 1 aromatic rings. The van der Waals surface area contributed by atoms with Crippen LogP contribution in [0.5, 0.6) is 0 Å². The number of hydrogen-bond donors (Lipinski definition) is 2. The lowest BCUT2D eigenvalue weighted by molar-refractivity contribution is 0.0697. The number of carbonyl (C=O) groups is 1. The molecule has 4 nitrogen and oxygen atoms in total. The number of nitrogens with one attached hydrogen (secondary N) is 1. The van der Waals surface area contributed by atoms with E-state index in [0.29, 0.717) is 6.61 Å². The van der Waals surface area contributed by atoms with Crippen molar-refractivity contribution in [1.82, 2.24) is 0 Å². The maximum Gasteiger partial charge on any atom is 0.337 e. The summed E-state index contributed by atoms with van der Waals surface area (Å²) in [5.74, 6) is -1.74. The number of ether oxygens (including phenoxy) is 1. The summed E-state index contributed by atoms with van der Waals surface area (Å²) < 4.78 is 18.3. The first-order valence-corrected chi connectivity index (χ1v) is 4.83. The Morgan fingerprint density at radius 2 is 2.31 bits per heavy atom. The van der Waals surface area contributed by atoms with Crippen molar-refractivity contribution in [2.75, 3.05) is 19.0 Å². The third kappa shape index (κ3) is 2.93. The molecule has 0 fully saturated rings. The Morgan fingerprint density at radius 3 is 2.88 bits per heavy atom. The molecule has 1 atom stereocenters. The summed E-state index contributed by atoms with van der Waals surface area (Å²) in [6, 6.07) is 3.77. The zero-order valence-electron chi connectivity index (χ0n) is 9.16. The van der Waals surface area contributed by atoms with E-state index in [0.717, 1.165) is 0 Å². The lowest BCUT2D eigenvalue weighted by Gasteiger charge is -2.16. The van der Waals surface area contributed by atoms with E-state index >= 15 is 0 Å². The Hall–Kier alpha value is -1.62. The number of carboxylic acids is 1. The number of aromatic carboxylic acids is 1. The normalized spacial score (nSPS) is 12.2. The van der Waals surface area contributed by atoms with Gasteiger partial charge in [0, 0.05) is 13.2 Å². The lowest BCUT2D eigenvalue weighted by atomic mass is 10.1. The van der Waals surface area contributed by atoms with Crippen LogP contribution < -0.4 is 5.32 Å². The van der Waals surface area contributed by atoms with E-state index in [1.807, 2.05) is 0 Å². The predicted molar refractivity (Wildman–Crippen MR) is 58.3 cm³/mol. The largest absolute Gasteiger partial charge is 0.478 e. The van der Waals surface area contributed by atoms with Crippen LogP contribution >= 0.6 is 0 Å². The minimum atomic E-state index is -1.16. The van der Waals surface area contributed by atoms with Gasteiger partial charge in [-0.25, -0.2) is 9.18 Å². The highest BCUT2D eigenvalue weighted by Crippen LogP contribution is 2.20. The molecule has 0 spiro atoms. The summed E-state index contributed by atoms with van der Waals surface area (Å²) >= 11 is 0. The van der Waals surface area contributed by atoms with Crippen molar-refractivity contribution < 1.29 is 19.0 Å². The third-order valence-electron chi connectivity index (χ3n) is 2.05. The van der Waals surface area contributed by atoms with Gasteiger partial charge in [0.2, 0.25) is 0 Å². The Balaban J connectivity index is 2.97. The van der Waals surface area contributed by atoms with Gasteiger partial charge in [0.15, 0.2) is 0 Å². The fourth-order valence-electron chi connectivity index (χ4n) is 1.39. The van der Waals surface area contributed by atoms with E-state index in [2.05, 4.69) is 5.32 Å². The second-order valence-electron chi connectivity index (χ2n) is 3.47. The Bertz CT molecular complexity index is 381. The van der Waals surface area contributed by atoms with Gasteiger partial charge < -0.3 is 15.2 Å². The average molecular weight is 227 g/mol. The van der Waals surface area contributed by atoms with Crippen molar-refractivity contribution in [3.05, 3.63) is 29.6 Å². The number of hydrogen-bond acceptors (Lipinski definition) is 3. The number of benzene rings is 1. The molecule has 0 aromatic heterocycles. The molecule has 0 bridgehead atoms. The van der Waals surface area contributed by atoms with Crippen molar-refractivity contribution >= 4 is 11.7 Å². The number of anilines is 1. The Kier molecular flexibility index (Phi) is 4.25. The monoisotopic (exact) mass is 227 g/mol. The SMILES string of the molecule is COCC(C)Nc1c(F)cccc1C(=O)O. The number of carboxylic acid groups (broad SMARTS) is 1. The fraction of sp³-hybridized carbons (Fsp3) is 0.364. The average Bonchev–Trinajstić information content (AvgIpc) is 2.21. The molecule has 0 aliphatic heterocycles. The zero-order valence-corrected chi connectivity index (χ0v) is 9.16. The van der Waals surface area contributed by atoms with Gasteiger partial charge in [0.25, 0.3) is 0 Å². The molecule has 0 radical (unpaired) electrons. The van der Waals surface area contributed by atoms with Crippen LogP contribution in [0.4, 0.5) is 10.1 Å². The van der Waals surface area contributed by atoms with Gasteiger partial charge in [-0.2, -0.15) is 0 Å². The molecule has 0 saturated heterocycles. The number of methoxy groups -OCH3 is 1. The third-order valence-corrected chi connectivity index (χ3v) is 2.05. The molecule has 1 rings (SSSR count). The maximum absolute atomic E-state index is 13.4. The number of halogens is 1. The summed E-state index contributed by atoms with van der Waals surface area (Å²) in [5.41, 5.74) is -0.0810. The first-order chi connectivity index (χ1) is 7.56. The second kappa shape index (κ2) is 5.46. The number of para-hydroxylation sites is 1. The molecule has 1 unspecified atom stereocenters. The maximum atomic E-state index is 13.4. The first kappa shape index (κ1) is 12.4. The molecule has 1 aromatic carbocycles. The quantitative estimate of drug-likeness (QED) is 0.807. The molecule has 0 aliphatic rings. The lowest BCUT2D eigenvalue weighted by Crippen LogP contribution is -2.23. The van der Waals surface area contributed by atoms with Crippen LogP contribution in [0.3, 0.4) is 0 Å². The van der Waals surface area contributed by atoms with E-state index < -0.39 is 11.8 Å². The smallest absolute Gasteiger partial charge is 0.337 e. The van der Waals surface area contributed by atoms with Crippen molar-refractivity contribution in [2.24, 2.45) is 0 Å². The van der Waals surface area contributed by atoms with Crippen LogP contribution in [0, 0.1) is 5.82 Å². The standard InChI is InChI=1S/C11H14FNO3/c1-7(6-16-2)13-10-8(11(14)15)4-3-5-9(10)12/h3-5,7,13H,6H2,1-2H3,(H,14,15). The van der Waals surface area contributed by atoms with E-state index in [-0.39, 0.29) is 17.3 Å². The molecule has 5 heteroatoms. The summed E-state index contributed by atoms with van der Waals surface area (Å²) in [7, 11) is 1.53. The van der Waals surface area contributed by atoms with E-state index in [9.17, 15) is 9.18 Å². The predicted octanol–water partition coefficient (Wildman–Crippen LogP) is 1.97. The van der Waals surface area contributed by atoms with Gasteiger partial charge in [0.05, 0.1) is 17.9 Å². The Morgan fingerprint density at radius 1 is 1.62 bits per heavy atom. The fourth-order valence-corrected chi connectivity index (χ4v) is 1.39. The van der Waals surface area contributed by atoms with Gasteiger partial charge in [-0.05, 0) is 19.1 Å². The summed E-state index contributed by atoms with van der Waals surface area (Å²) in [6.07, 6.45) is 0. The highest BCUT2D eigenvalue weighted by atomic mass is 19.1. The Labute approximate surface area is 93.0 Å². The van der Waals surface area contributed by atoms with Crippen molar-refractivity contribution in [1.29, 1.82) is 0 Å².